The predicted molar refractivity (Wildman–Crippen MR) is 64.7 cm³/mol. The standard InChI is InChI=1S/C12H21BO2/c1-7-8-10(2)9-13-14-11(3,4)12(5,6)15-13/h7-9H,1-6H3/b8-7+,10-9+. The highest BCUT2D eigenvalue weighted by Gasteiger charge is 2.50. The van der Waals surface area contributed by atoms with E-state index >= 15 is 0 Å². The van der Waals surface area contributed by atoms with E-state index in [-0.39, 0.29) is 18.3 Å². The predicted octanol–water partition coefficient (Wildman–Crippen LogP) is 3.14. The van der Waals surface area contributed by atoms with E-state index in [1.54, 1.807) is 0 Å². The second-order valence-electron chi connectivity index (χ2n) is 5.04. The summed E-state index contributed by atoms with van der Waals surface area (Å²) in [5.41, 5.74) is 0.672. The van der Waals surface area contributed by atoms with Crippen molar-refractivity contribution in [1.82, 2.24) is 0 Å². The van der Waals surface area contributed by atoms with E-state index in [0.29, 0.717) is 0 Å². The summed E-state index contributed by atoms with van der Waals surface area (Å²) in [5, 5.41) is 0. The Labute approximate surface area is 93.5 Å². The maximum atomic E-state index is 5.85. The van der Waals surface area contributed by atoms with Gasteiger partial charge in [-0.25, -0.2) is 0 Å². The van der Waals surface area contributed by atoms with Gasteiger partial charge in [-0.2, -0.15) is 0 Å². The fourth-order valence-electron chi connectivity index (χ4n) is 1.49. The first-order valence-electron chi connectivity index (χ1n) is 5.45. The van der Waals surface area contributed by atoms with Gasteiger partial charge in [-0.15, -0.1) is 0 Å². The van der Waals surface area contributed by atoms with Crippen LogP contribution in [0.5, 0.6) is 0 Å². The molecular weight excluding hydrogens is 187 g/mol. The van der Waals surface area contributed by atoms with Gasteiger partial charge in [0.2, 0.25) is 0 Å². The van der Waals surface area contributed by atoms with Crippen molar-refractivity contribution in [2.75, 3.05) is 0 Å². The quantitative estimate of drug-likeness (QED) is 0.512. The van der Waals surface area contributed by atoms with E-state index in [4.69, 9.17) is 9.31 Å². The van der Waals surface area contributed by atoms with Crippen LogP contribution in [0.15, 0.2) is 23.7 Å². The molecule has 84 valence electrons. The van der Waals surface area contributed by atoms with Crippen LogP contribution in [0.25, 0.3) is 0 Å². The van der Waals surface area contributed by atoms with Crippen molar-refractivity contribution in [2.45, 2.75) is 52.7 Å². The molecule has 1 saturated heterocycles. The minimum absolute atomic E-state index is 0.230. The van der Waals surface area contributed by atoms with E-state index in [1.165, 1.54) is 0 Å². The Morgan fingerprint density at radius 2 is 1.53 bits per heavy atom. The molecule has 2 nitrogen and oxygen atoms in total. The highest BCUT2D eigenvalue weighted by molar-refractivity contribution is 6.51. The second-order valence-corrected chi connectivity index (χ2v) is 5.04. The summed E-state index contributed by atoms with van der Waals surface area (Å²) in [6, 6.07) is 0. The Balaban J connectivity index is 2.76. The molecule has 0 atom stereocenters. The van der Waals surface area contributed by atoms with Crippen molar-refractivity contribution < 1.29 is 9.31 Å². The minimum Gasteiger partial charge on any atom is -0.400 e. The van der Waals surface area contributed by atoms with Crippen LogP contribution < -0.4 is 0 Å². The highest BCUT2D eigenvalue weighted by Crippen LogP contribution is 2.37. The van der Waals surface area contributed by atoms with Crippen LogP contribution in [0.3, 0.4) is 0 Å². The van der Waals surface area contributed by atoms with E-state index in [1.807, 2.05) is 32.0 Å². The summed E-state index contributed by atoms with van der Waals surface area (Å²) in [7, 11) is -0.230. The minimum atomic E-state index is -0.246. The zero-order valence-electron chi connectivity index (χ0n) is 10.6. The number of hydrogen-bond donors (Lipinski definition) is 0. The molecule has 0 N–H and O–H groups in total. The monoisotopic (exact) mass is 208 g/mol. The molecule has 0 aromatic rings. The molecule has 0 aromatic heterocycles. The molecule has 1 heterocycles. The van der Waals surface area contributed by atoms with Crippen LogP contribution in [0.2, 0.25) is 0 Å². The van der Waals surface area contributed by atoms with Crippen molar-refractivity contribution in [3.63, 3.8) is 0 Å². The zero-order chi connectivity index (χ0) is 11.7. The Bertz CT molecular complexity index is 274. The lowest BCUT2D eigenvalue weighted by Crippen LogP contribution is -2.41. The normalized spacial score (nSPS) is 25.2. The molecule has 0 amide bonds. The lowest BCUT2D eigenvalue weighted by Gasteiger charge is -2.32. The van der Waals surface area contributed by atoms with Gasteiger partial charge in [0, 0.05) is 0 Å². The van der Waals surface area contributed by atoms with Gasteiger partial charge in [0.25, 0.3) is 0 Å². The third-order valence-corrected chi connectivity index (χ3v) is 3.10. The van der Waals surface area contributed by atoms with Crippen LogP contribution in [0.4, 0.5) is 0 Å². The fraction of sp³-hybridized carbons (Fsp3) is 0.667. The van der Waals surface area contributed by atoms with Crippen LogP contribution in [-0.2, 0) is 9.31 Å². The average molecular weight is 208 g/mol. The number of hydrogen-bond acceptors (Lipinski definition) is 2. The SMILES string of the molecule is C/C=C/C(C)=C/B1OC(C)(C)C(C)(C)O1. The summed E-state index contributed by atoms with van der Waals surface area (Å²) in [5.74, 6) is 2.01. The molecule has 0 spiro atoms. The molecule has 1 fully saturated rings. The van der Waals surface area contributed by atoms with E-state index < -0.39 is 0 Å². The van der Waals surface area contributed by atoms with Crippen molar-refractivity contribution in [3.8, 4) is 0 Å². The smallest absolute Gasteiger partial charge is 0.400 e. The van der Waals surface area contributed by atoms with Crippen molar-refractivity contribution in [2.24, 2.45) is 0 Å². The van der Waals surface area contributed by atoms with Gasteiger partial charge >= 0.3 is 7.12 Å². The third kappa shape index (κ3) is 2.73. The molecule has 1 aliphatic heterocycles. The van der Waals surface area contributed by atoms with Crippen LogP contribution >= 0.6 is 0 Å². The van der Waals surface area contributed by atoms with E-state index in [0.717, 1.165) is 5.57 Å². The Hall–Kier alpha value is -0.535. The van der Waals surface area contributed by atoms with Gasteiger partial charge in [-0.05, 0) is 41.5 Å². The zero-order valence-corrected chi connectivity index (χ0v) is 10.6. The van der Waals surface area contributed by atoms with Crippen molar-refractivity contribution >= 4 is 7.12 Å². The summed E-state index contributed by atoms with van der Waals surface area (Å²) < 4.78 is 11.7. The van der Waals surface area contributed by atoms with E-state index in [2.05, 4.69) is 27.7 Å². The molecule has 1 rings (SSSR count). The fourth-order valence-corrected chi connectivity index (χ4v) is 1.49. The molecule has 1 aliphatic rings. The van der Waals surface area contributed by atoms with Gasteiger partial charge in [0.1, 0.15) is 0 Å². The molecule has 0 unspecified atom stereocenters. The summed E-state index contributed by atoms with van der Waals surface area (Å²) in [6.07, 6.45) is 4.06. The number of rotatable bonds is 2. The maximum absolute atomic E-state index is 5.85. The molecule has 0 radical (unpaired) electrons. The summed E-state index contributed by atoms with van der Waals surface area (Å²) in [4.78, 5) is 0. The Morgan fingerprint density at radius 1 is 1.07 bits per heavy atom. The van der Waals surface area contributed by atoms with Gasteiger partial charge < -0.3 is 9.31 Å². The molecule has 0 aliphatic carbocycles. The first kappa shape index (κ1) is 12.5. The van der Waals surface area contributed by atoms with Crippen LogP contribution in [0.1, 0.15) is 41.5 Å². The lowest BCUT2D eigenvalue weighted by atomic mass is 9.87. The first-order valence-corrected chi connectivity index (χ1v) is 5.45. The summed E-state index contributed by atoms with van der Waals surface area (Å²) >= 11 is 0. The maximum Gasteiger partial charge on any atom is 0.487 e. The highest BCUT2D eigenvalue weighted by atomic mass is 16.7. The first-order chi connectivity index (χ1) is 6.78. The van der Waals surface area contributed by atoms with Gasteiger partial charge in [-0.3, -0.25) is 0 Å². The van der Waals surface area contributed by atoms with Gasteiger partial charge in [-0.1, -0.05) is 23.7 Å². The molecule has 3 heteroatoms. The van der Waals surface area contributed by atoms with E-state index in [9.17, 15) is 0 Å². The molecule has 0 bridgehead atoms. The van der Waals surface area contributed by atoms with Gasteiger partial charge in [0.15, 0.2) is 0 Å². The van der Waals surface area contributed by atoms with Gasteiger partial charge in [0.05, 0.1) is 11.2 Å². The number of allylic oxidation sites excluding steroid dienone is 3. The topological polar surface area (TPSA) is 18.5 Å². The molecule has 0 saturated carbocycles. The molecule has 0 aromatic carbocycles. The molecule has 15 heavy (non-hydrogen) atoms. The average Bonchev–Trinajstić information content (AvgIpc) is 2.19. The lowest BCUT2D eigenvalue weighted by molar-refractivity contribution is 0.00578. The Kier molecular flexibility index (Phi) is 3.46. The molecular formula is C12H21BO2. The van der Waals surface area contributed by atoms with Crippen molar-refractivity contribution in [3.05, 3.63) is 23.7 Å². The van der Waals surface area contributed by atoms with Crippen LogP contribution in [-0.4, -0.2) is 18.3 Å². The third-order valence-electron chi connectivity index (χ3n) is 3.10. The largest absolute Gasteiger partial charge is 0.487 e. The summed E-state index contributed by atoms with van der Waals surface area (Å²) in [6.45, 7) is 12.3. The van der Waals surface area contributed by atoms with Crippen molar-refractivity contribution in [1.29, 1.82) is 0 Å². The second kappa shape index (κ2) is 4.15. The Morgan fingerprint density at radius 3 is 1.93 bits per heavy atom. The van der Waals surface area contributed by atoms with Crippen LogP contribution in [0, 0.1) is 0 Å².